The van der Waals surface area contributed by atoms with Gasteiger partial charge in [-0.15, -0.1) is 0 Å². The second-order valence-corrected chi connectivity index (χ2v) is 6.61. The van der Waals surface area contributed by atoms with E-state index in [1.807, 2.05) is 13.1 Å². The molecule has 3 heteroatoms. The van der Waals surface area contributed by atoms with Crippen molar-refractivity contribution in [1.82, 2.24) is 9.80 Å². The van der Waals surface area contributed by atoms with Crippen LogP contribution in [0.25, 0.3) is 0 Å². The molecule has 1 aromatic rings. The van der Waals surface area contributed by atoms with Crippen LogP contribution in [0.15, 0.2) is 30.3 Å². The Balaban J connectivity index is 1.82. The molecule has 122 valence electrons. The lowest BCUT2D eigenvalue weighted by atomic mass is 9.92. The van der Waals surface area contributed by atoms with E-state index in [0.717, 1.165) is 19.0 Å². The van der Waals surface area contributed by atoms with Crippen LogP contribution in [0.1, 0.15) is 51.1 Å². The number of hydrogen-bond donors (Lipinski definition) is 0. The number of nitrogens with zero attached hydrogens (tertiary/aromatic N) is 2. The maximum Gasteiger partial charge on any atom is 0.236 e. The first-order valence-corrected chi connectivity index (χ1v) is 8.64. The molecule has 22 heavy (non-hydrogen) atoms. The summed E-state index contributed by atoms with van der Waals surface area (Å²) in [5.74, 6) is 1.11. The molecule has 1 aliphatic rings. The van der Waals surface area contributed by atoms with Crippen LogP contribution < -0.4 is 0 Å². The van der Waals surface area contributed by atoms with Crippen LogP contribution in [0.5, 0.6) is 0 Å². The lowest BCUT2D eigenvalue weighted by Gasteiger charge is -2.34. The van der Waals surface area contributed by atoms with Crippen LogP contribution in [0, 0.1) is 5.92 Å². The van der Waals surface area contributed by atoms with Gasteiger partial charge in [-0.3, -0.25) is 9.69 Å². The topological polar surface area (TPSA) is 23.6 Å². The van der Waals surface area contributed by atoms with Crippen molar-refractivity contribution in [3.63, 3.8) is 0 Å². The summed E-state index contributed by atoms with van der Waals surface area (Å²) in [5, 5.41) is 0. The highest BCUT2D eigenvalue weighted by atomic mass is 16.2. The molecule has 0 saturated carbocycles. The summed E-state index contributed by atoms with van der Waals surface area (Å²) in [6.07, 6.45) is 4.93. The van der Waals surface area contributed by atoms with Gasteiger partial charge in [0.15, 0.2) is 0 Å². The van der Waals surface area contributed by atoms with Crippen LogP contribution in [0.4, 0.5) is 0 Å². The summed E-state index contributed by atoms with van der Waals surface area (Å²) in [7, 11) is 2.04. The molecule has 1 aromatic carbocycles. The Morgan fingerprint density at radius 2 is 1.91 bits per heavy atom. The summed E-state index contributed by atoms with van der Waals surface area (Å²) in [4.78, 5) is 16.7. The number of benzene rings is 1. The number of likely N-dealkylation sites (tertiary alicyclic amines) is 1. The molecule has 3 nitrogen and oxygen atoms in total. The third-order valence-electron chi connectivity index (χ3n) is 4.99. The molecule has 1 aliphatic heterocycles. The van der Waals surface area contributed by atoms with E-state index in [0.29, 0.717) is 6.54 Å². The van der Waals surface area contributed by atoms with Crippen molar-refractivity contribution in [3.8, 4) is 0 Å². The first-order valence-electron chi connectivity index (χ1n) is 8.64. The Morgan fingerprint density at radius 3 is 2.50 bits per heavy atom. The Bertz CT molecular complexity index is 452. The van der Waals surface area contributed by atoms with Crippen molar-refractivity contribution in [3.05, 3.63) is 35.9 Å². The minimum absolute atomic E-state index is 0.266. The summed E-state index contributed by atoms with van der Waals surface area (Å²) >= 11 is 0. The molecule has 0 unspecified atom stereocenters. The van der Waals surface area contributed by atoms with E-state index < -0.39 is 0 Å². The Morgan fingerprint density at radius 1 is 1.27 bits per heavy atom. The van der Waals surface area contributed by atoms with E-state index in [-0.39, 0.29) is 11.9 Å². The molecule has 0 aromatic heterocycles. The maximum atomic E-state index is 12.5. The summed E-state index contributed by atoms with van der Waals surface area (Å²) in [6, 6.07) is 10.7. The number of piperidine rings is 1. The highest BCUT2D eigenvalue weighted by Gasteiger charge is 2.24. The number of carbonyl (C=O) groups is 1. The van der Waals surface area contributed by atoms with Crippen molar-refractivity contribution < 1.29 is 4.79 Å². The van der Waals surface area contributed by atoms with Gasteiger partial charge in [-0.25, -0.2) is 0 Å². The Hall–Kier alpha value is -1.35. The van der Waals surface area contributed by atoms with Crippen LogP contribution in [0.3, 0.4) is 0 Å². The summed E-state index contributed by atoms with van der Waals surface area (Å²) in [6.45, 7) is 6.80. The lowest BCUT2D eigenvalue weighted by molar-refractivity contribution is -0.134. The van der Waals surface area contributed by atoms with Gasteiger partial charge in [0.1, 0.15) is 0 Å². The molecule has 2 rings (SSSR count). The van der Waals surface area contributed by atoms with Crippen LogP contribution in [0.2, 0.25) is 0 Å². The lowest BCUT2D eigenvalue weighted by Crippen LogP contribution is -2.43. The zero-order valence-corrected chi connectivity index (χ0v) is 14.3. The number of rotatable bonds is 6. The van der Waals surface area contributed by atoms with Crippen molar-refractivity contribution in [2.75, 3.05) is 26.7 Å². The molecule has 0 N–H and O–H groups in total. The second kappa shape index (κ2) is 8.33. The van der Waals surface area contributed by atoms with Gasteiger partial charge in [0.05, 0.1) is 6.54 Å². The minimum Gasteiger partial charge on any atom is -0.342 e. The molecule has 0 spiro atoms. The summed E-state index contributed by atoms with van der Waals surface area (Å²) < 4.78 is 0. The molecule has 1 atom stereocenters. The smallest absolute Gasteiger partial charge is 0.236 e. The van der Waals surface area contributed by atoms with Gasteiger partial charge in [-0.1, -0.05) is 50.1 Å². The van der Waals surface area contributed by atoms with E-state index in [4.69, 9.17) is 0 Å². The summed E-state index contributed by atoms with van der Waals surface area (Å²) in [5.41, 5.74) is 1.26. The molecule has 0 aliphatic carbocycles. The van der Waals surface area contributed by atoms with Gasteiger partial charge < -0.3 is 4.90 Å². The fourth-order valence-corrected chi connectivity index (χ4v) is 3.32. The zero-order chi connectivity index (χ0) is 15.9. The number of hydrogen-bond acceptors (Lipinski definition) is 2. The SMILES string of the molecule is CCCC1CCN(C(=O)CN(C)[C@@H](C)c2ccccc2)CC1. The van der Waals surface area contributed by atoms with E-state index in [1.165, 1.54) is 31.2 Å². The maximum absolute atomic E-state index is 12.5. The van der Waals surface area contributed by atoms with Crippen molar-refractivity contribution in [1.29, 1.82) is 0 Å². The third-order valence-corrected chi connectivity index (χ3v) is 4.99. The average Bonchev–Trinajstić information content (AvgIpc) is 2.55. The standard InChI is InChI=1S/C19H30N2O/c1-4-8-17-11-13-21(14-12-17)19(22)15-20(3)16(2)18-9-6-5-7-10-18/h5-7,9-10,16-17H,4,8,11-15H2,1-3H3/t16-/m0/s1. The largest absolute Gasteiger partial charge is 0.342 e. The third kappa shape index (κ3) is 4.57. The average molecular weight is 302 g/mol. The van der Waals surface area contributed by atoms with Gasteiger partial charge in [0, 0.05) is 19.1 Å². The quantitative estimate of drug-likeness (QED) is 0.799. The molecule has 0 bridgehead atoms. The van der Waals surface area contributed by atoms with Crippen LogP contribution in [-0.2, 0) is 4.79 Å². The van der Waals surface area contributed by atoms with Crippen LogP contribution >= 0.6 is 0 Å². The predicted molar refractivity (Wildman–Crippen MR) is 91.7 cm³/mol. The van der Waals surface area contributed by atoms with Gasteiger partial charge in [0.25, 0.3) is 0 Å². The first-order chi connectivity index (χ1) is 10.6. The normalized spacial score (nSPS) is 17.7. The molecule has 1 amide bonds. The van der Waals surface area contributed by atoms with Crippen molar-refractivity contribution in [2.24, 2.45) is 5.92 Å². The first kappa shape index (κ1) is 17.0. The van der Waals surface area contributed by atoms with Gasteiger partial charge in [0.2, 0.25) is 5.91 Å². The molecular weight excluding hydrogens is 272 g/mol. The second-order valence-electron chi connectivity index (χ2n) is 6.61. The molecule has 1 fully saturated rings. The molecule has 1 heterocycles. The highest BCUT2D eigenvalue weighted by Crippen LogP contribution is 2.22. The minimum atomic E-state index is 0.266. The van der Waals surface area contributed by atoms with E-state index >= 15 is 0 Å². The van der Waals surface area contributed by atoms with Gasteiger partial charge >= 0.3 is 0 Å². The van der Waals surface area contributed by atoms with E-state index in [9.17, 15) is 4.79 Å². The van der Waals surface area contributed by atoms with Gasteiger partial charge in [-0.05, 0) is 38.3 Å². The Kier molecular flexibility index (Phi) is 6.44. The fourth-order valence-electron chi connectivity index (χ4n) is 3.32. The van der Waals surface area contributed by atoms with E-state index in [2.05, 4.69) is 47.9 Å². The molecule has 0 radical (unpaired) electrons. The number of likely N-dealkylation sites (N-methyl/N-ethyl adjacent to an activating group) is 1. The highest BCUT2D eigenvalue weighted by molar-refractivity contribution is 5.78. The van der Waals surface area contributed by atoms with E-state index in [1.54, 1.807) is 0 Å². The zero-order valence-electron chi connectivity index (χ0n) is 14.3. The van der Waals surface area contributed by atoms with Crippen molar-refractivity contribution >= 4 is 5.91 Å². The Labute approximate surface area is 135 Å². The molecular formula is C19H30N2O. The number of carbonyl (C=O) groups excluding carboxylic acids is 1. The fraction of sp³-hybridized carbons (Fsp3) is 0.632. The van der Waals surface area contributed by atoms with Crippen molar-refractivity contribution in [2.45, 2.75) is 45.6 Å². The van der Waals surface area contributed by atoms with Crippen LogP contribution in [-0.4, -0.2) is 42.4 Å². The predicted octanol–water partition coefficient (Wildman–Crippen LogP) is 3.72. The number of amides is 1. The molecule has 1 saturated heterocycles. The van der Waals surface area contributed by atoms with Gasteiger partial charge in [-0.2, -0.15) is 0 Å². The monoisotopic (exact) mass is 302 g/mol.